The summed E-state index contributed by atoms with van der Waals surface area (Å²) in [6.07, 6.45) is 0.214. The van der Waals surface area contributed by atoms with E-state index in [0.717, 1.165) is 0 Å². The Morgan fingerprint density at radius 1 is 1.62 bits per heavy atom. The molecule has 1 aromatic rings. The van der Waals surface area contributed by atoms with E-state index in [1.54, 1.807) is 13.0 Å². The van der Waals surface area contributed by atoms with Crippen LogP contribution in [0.15, 0.2) is 10.5 Å². The van der Waals surface area contributed by atoms with E-state index in [4.69, 9.17) is 10.5 Å². The number of rotatable bonds is 4. The number of benzene rings is 1. The average Bonchev–Trinajstić information content (AvgIpc) is 2.24. The van der Waals surface area contributed by atoms with Crippen molar-refractivity contribution in [1.29, 1.82) is 0 Å². The molecule has 4 nitrogen and oxygen atoms in total. The highest BCUT2D eigenvalue weighted by atomic mass is 79.9. The summed E-state index contributed by atoms with van der Waals surface area (Å²) in [7, 11) is 1.51. The van der Waals surface area contributed by atoms with Gasteiger partial charge in [0, 0.05) is 12.0 Å². The number of methoxy groups -OCH3 is 1. The number of ketones is 1. The second kappa shape index (κ2) is 5.32. The van der Waals surface area contributed by atoms with Gasteiger partial charge in [-0.1, -0.05) is 0 Å². The molecule has 0 saturated carbocycles. The van der Waals surface area contributed by atoms with Crippen LogP contribution in [-0.2, 0) is 0 Å². The molecule has 0 aliphatic heterocycles. The summed E-state index contributed by atoms with van der Waals surface area (Å²) in [5.74, 6) is 0.312. The summed E-state index contributed by atoms with van der Waals surface area (Å²) in [6.45, 7) is 1.96. The first-order valence-electron chi connectivity index (χ1n) is 4.82. The lowest BCUT2D eigenvalue weighted by Crippen LogP contribution is -2.09. The number of halogens is 1. The third-order valence-corrected chi connectivity index (χ3v) is 2.90. The predicted molar refractivity (Wildman–Crippen MR) is 65.1 cm³/mol. The van der Waals surface area contributed by atoms with E-state index in [0.29, 0.717) is 15.8 Å². The van der Waals surface area contributed by atoms with Crippen LogP contribution in [0.25, 0.3) is 0 Å². The normalized spacial score (nSPS) is 10.2. The van der Waals surface area contributed by atoms with E-state index in [9.17, 15) is 9.90 Å². The van der Waals surface area contributed by atoms with E-state index in [2.05, 4.69) is 15.9 Å². The molecule has 0 spiro atoms. The van der Waals surface area contributed by atoms with Crippen molar-refractivity contribution in [3.63, 3.8) is 0 Å². The van der Waals surface area contributed by atoms with Gasteiger partial charge in [-0.2, -0.15) is 0 Å². The molecule has 0 radical (unpaired) electrons. The highest BCUT2D eigenvalue weighted by molar-refractivity contribution is 9.10. The van der Waals surface area contributed by atoms with Crippen molar-refractivity contribution in [2.75, 3.05) is 13.7 Å². The number of aromatic hydroxyl groups is 1. The number of ether oxygens (including phenoxy) is 1. The number of Topliss-reactive ketones (excluding diaryl/α,β-unsaturated/α-hetero) is 1. The molecule has 88 valence electrons. The molecule has 16 heavy (non-hydrogen) atoms. The molecule has 0 aliphatic carbocycles. The molecule has 0 aliphatic rings. The predicted octanol–water partition coefficient (Wildman–Crippen LogP) is 2.00. The maximum Gasteiger partial charge on any atom is 0.167 e. The molecule has 1 rings (SSSR count). The highest BCUT2D eigenvalue weighted by Crippen LogP contribution is 2.37. The smallest absolute Gasteiger partial charge is 0.167 e. The van der Waals surface area contributed by atoms with Gasteiger partial charge in [0.2, 0.25) is 0 Å². The summed E-state index contributed by atoms with van der Waals surface area (Å²) < 4.78 is 5.75. The minimum Gasteiger partial charge on any atom is -0.507 e. The zero-order valence-electron chi connectivity index (χ0n) is 9.21. The van der Waals surface area contributed by atoms with E-state index in [-0.39, 0.29) is 30.1 Å². The summed E-state index contributed by atoms with van der Waals surface area (Å²) in [6, 6.07) is 1.55. The fourth-order valence-electron chi connectivity index (χ4n) is 1.48. The topological polar surface area (TPSA) is 72.5 Å². The Morgan fingerprint density at radius 3 is 2.75 bits per heavy atom. The van der Waals surface area contributed by atoms with Crippen LogP contribution in [0, 0.1) is 6.92 Å². The average molecular weight is 288 g/mol. The minimum absolute atomic E-state index is 0.0431. The van der Waals surface area contributed by atoms with Crippen LogP contribution in [0.4, 0.5) is 0 Å². The van der Waals surface area contributed by atoms with Gasteiger partial charge >= 0.3 is 0 Å². The minimum atomic E-state index is -0.175. The number of hydrogen-bond donors (Lipinski definition) is 2. The zero-order valence-corrected chi connectivity index (χ0v) is 10.8. The van der Waals surface area contributed by atoms with Crippen LogP contribution in [-0.4, -0.2) is 24.5 Å². The van der Waals surface area contributed by atoms with Crippen LogP contribution >= 0.6 is 15.9 Å². The van der Waals surface area contributed by atoms with Crippen molar-refractivity contribution < 1.29 is 14.6 Å². The number of phenolic OH excluding ortho intramolecular Hbond substituents is 1. The van der Waals surface area contributed by atoms with E-state index < -0.39 is 0 Å². The fourth-order valence-corrected chi connectivity index (χ4v) is 2.17. The highest BCUT2D eigenvalue weighted by Gasteiger charge is 2.18. The number of nitrogens with two attached hydrogens (primary N) is 1. The van der Waals surface area contributed by atoms with Crippen LogP contribution < -0.4 is 10.5 Å². The second-order valence-corrected chi connectivity index (χ2v) is 4.23. The third-order valence-electron chi connectivity index (χ3n) is 2.31. The molecular formula is C11H14BrNO3. The maximum atomic E-state index is 11.7. The third kappa shape index (κ3) is 2.36. The van der Waals surface area contributed by atoms with E-state index in [1.165, 1.54) is 7.11 Å². The molecule has 0 fully saturated rings. The van der Waals surface area contributed by atoms with Gasteiger partial charge in [0.25, 0.3) is 0 Å². The summed E-state index contributed by atoms with van der Waals surface area (Å²) in [4.78, 5) is 11.7. The first kappa shape index (κ1) is 13.0. The van der Waals surface area contributed by atoms with Crippen molar-refractivity contribution in [2.45, 2.75) is 13.3 Å². The Morgan fingerprint density at radius 2 is 2.25 bits per heavy atom. The molecule has 3 N–H and O–H groups in total. The Balaban J connectivity index is 3.28. The summed E-state index contributed by atoms with van der Waals surface area (Å²) in [5, 5.41) is 9.87. The van der Waals surface area contributed by atoms with Gasteiger partial charge in [0.15, 0.2) is 5.78 Å². The molecule has 0 heterocycles. The molecule has 0 bridgehead atoms. The summed E-state index contributed by atoms with van der Waals surface area (Å²) >= 11 is 3.29. The van der Waals surface area contributed by atoms with Gasteiger partial charge in [-0.05, 0) is 35.5 Å². The quantitative estimate of drug-likeness (QED) is 0.831. The molecular weight excluding hydrogens is 274 g/mol. The van der Waals surface area contributed by atoms with Crippen LogP contribution in [0.1, 0.15) is 22.3 Å². The first-order valence-corrected chi connectivity index (χ1v) is 5.61. The van der Waals surface area contributed by atoms with E-state index >= 15 is 0 Å². The Labute approximate surface area is 103 Å². The van der Waals surface area contributed by atoms with Gasteiger partial charge in [-0.15, -0.1) is 0 Å². The van der Waals surface area contributed by atoms with Gasteiger partial charge in [-0.25, -0.2) is 0 Å². The molecule has 0 atom stereocenters. The molecule has 0 aromatic heterocycles. The molecule has 5 heteroatoms. The van der Waals surface area contributed by atoms with Crippen LogP contribution in [0.3, 0.4) is 0 Å². The van der Waals surface area contributed by atoms with Crippen molar-refractivity contribution in [1.82, 2.24) is 0 Å². The van der Waals surface area contributed by atoms with Gasteiger partial charge in [0.05, 0.1) is 17.1 Å². The van der Waals surface area contributed by atoms with Crippen LogP contribution in [0.5, 0.6) is 11.5 Å². The number of carbonyl (C=O) groups is 1. The Hall–Kier alpha value is -1.07. The van der Waals surface area contributed by atoms with Crippen LogP contribution in [0.2, 0.25) is 0 Å². The van der Waals surface area contributed by atoms with Crippen molar-refractivity contribution >= 4 is 21.7 Å². The molecule has 0 saturated heterocycles. The molecule has 1 aromatic carbocycles. The Bertz CT molecular complexity index is 418. The monoisotopic (exact) mass is 287 g/mol. The number of carbonyl (C=O) groups excluding carboxylic acids is 1. The zero-order chi connectivity index (χ0) is 12.3. The number of hydrogen-bond acceptors (Lipinski definition) is 4. The lowest BCUT2D eigenvalue weighted by Gasteiger charge is -2.12. The lowest BCUT2D eigenvalue weighted by molar-refractivity contribution is 0.0982. The molecule has 0 unspecified atom stereocenters. The van der Waals surface area contributed by atoms with E-state index in [1.807, 2.05) is 0 Å². The van der Waals surface area contributed by atoms with Gasteiger partial charge in [-0.3, -0.25) is 4.79 Å². The van der Waals surface area contributed by atoms with Crippen molar-refractivity contribution in [3.8, 4) is 11.5 Å². The van der Waals surface area contributed by atoms with Gasteiger partial charge < -0.3 is 15.6 Å². The standard InChI is InChI=1S/C11H14BrNO3/c1-6-10(15)7(9(14)3-4-13)5-8(12)11(6)16-2/h5,15H,3-4,13H2,1-2H3. The van der Waals surface area contributed by atoms with Gasteiger partial charge in [0.1, 0.15) is 11.5 Å². The molecule has 0 amide bonds. The maximum absolute atomic E-state index is 11.7. The summed E-state index contributed by atoms with van der Waals surface area (Å²) in [5.41, 5.74) is 6.12. The second-order valence-electron chi connectivity index (χ2n) is 3.37. The first-order chi connectivity index (χ1) is 7.52. The Kier molecular flexibility index (Phi) is 4.32. The fraction of sp³-hybridized carbons (Fsp3) is 0.364. The van der Waals surface area contributed by atoms with Crippen molar-refractivity contribution in [2.24, 2.45) is 5.73 Å². The number of phenols is 1. The SMILES string of the molecule is COc1c(Br)cc(C(=O)CCN)c(O)c1C. The lowest BCUT2D eigenvalue weighted by atomic mass is 10.0. The largest absolute Gasteiger partial charge is 0.507 e. The van der Waals surface area contributed by atoms with Crippen molar-refractivity contribution in [3.05, 3.63) is 21.7 Å².